The maximum atomic E-state index is 6.21. The first-order valence-corrected chi connectivity index (χ1v) is 7.57. The third-order valence-corrected chi connectivity index (χ3v) is 3.72. The molecule has 0 saturated carbocycles. The number of ether oxygens (including phenoxy) is 1. The van der Waals surface area contributed by atoms with E-state index in [-0.39, 0.29) is 0 Å². The smallest absolute Gasteiger partial charge is 0.156 e. The second-order valence-corrected chi connectivity index (χ2v) is 5.43. The zero-order chi connectivity index (χ0) is 14.3. The highest BCUT2D eigenvalue weighted by molar-refractivity contribution is 6.37. The molecule has 19 heavy (non-hydrogen) atoms. The highest BCUT2D eigenvalue weighted by Gasteiger charge is 2.14. The third-order valence-electron chi connectivity index (χ3n) is 3.16. The van der Waals surface area contributed by atoms with Gasteiger partial charge in [0, 0.05) is 0 Å². The topological polar surface area (TPSA) is 9.23 Å². The number of rotatable bonds is 7. The van der Waals surface area contributed by atoms with E-state index in [0.29, 0.717) is 21.7 Å². The van der Waals surface area contributed by atoms with Gasteiger partial charge < -0.3 is 4.74 Å². The summed E-state index contributed by atoms with van der Waals surface area (Å²) in [6, 6.07) is 3.96. The Kier molecular flexibility index (Phi) is 7.33. The molecule has 1 unspecified atom stereocenters. The Morgan fingerprint density at radius 2 is 1.79 bits per heavy atom. The predicted octanol–water partition coefficient (Wildman–Crippen LogP) is 6.24. The van der Waals surface area contributed by atoms with E-state index in [1.807, 2.05) is 12.1 Å². The van der Waals surface area contributed by atoms with Gasteiger partial charge in [-0.25, -0.2) is 0 Å². The fraction of sp³-hybridized carbons (Fsp3) is 0.500. The summed E-state index contributed by atoms with van der Waals surface area (Å²) in [5.74, 6) is 1.03. The van der Waals surface area contributed by atoms with Crippen LogP contribution in [0.4, 0.5) is 0 Å². The molecule has 1 nitrogen and oxygen atoms in total. The lowest BCUT2D eigenvalue weighted by Crippen LogP contribution is -1.99. The van der Waals surface area contributed by atoms with Crippen molar-refractivity contribution in [3.05, 3.63) is 39.9 Å². The van der Waals surface area contributed by atoms with Gasteiger partial charge in [0.05, 0.1) is 17.2 Å². The quantitative estimate of drug-likeness (QED) is 0.541. The Bertz CT molecular complexity index is 404. The van der Waals surface area contributed by atoms with E-state index in [2.05, 4.69) is 26.0 Å². The van der Waals surface area contributed by atoms with Crippen molar-refractivity contribution in [2.75, 3.05) is 7.11 Å². The molecule has 0 aliphatic carbocycles. The standard InChI is InChI=1S/C16H22Cl2O/c1-4-6-7-9-12(8-5-2)13-10-14(17)16(19-3)15(18)11-13/h6-7,10-12H,4-5,8-9H2,1-3H3/b7-6-. The molecular formula is C16H22Cl2O. The van der Waals surface area contributed by atoms with Gasteiger partial charge in [0.15, 0.2) is 5.75 Å². The summed E-state index contributed by atoms with van der Waals surface area (Å²) in [5.41, 5.74) is 1.19. The van der Waals surface area contributed by atoms with E-state index in [1.165, 1.54) is 5.56 Å². The number of halogens is 2. The van der Waals surface area contributed by atoms with Crippen LogP contribution in [0.2, 0.25) is 10.0 Å². The molecule has 0 spiro atoms. The second-order valence-electron chi connectivity index (χ2n) is 4.62. The summed E-state index contributed by atoms with van der Waals surface area (Å²) >= 11 is 12.4. The van der Waals surface area contributed by atoms with Crippen LogP contribution in [0.25, 0.3) is 0 Å². The summed E-state index contributed by atoms with van der Waals surface area (Å²) in [6.45, 7) is 4.34. The van der Waals surface area contributed by atoms with Gasteiger partial charge in [-0.3, -0.25) is 0 Å². The van der Waals surface area contributed by atoms with Gasteiger partial charge in [0.1, 0.15) is 0 Å². The van der Waals surface area contributed by atoms with Crippen LogP contribution in [-0.2, 0) is 0 Å². The van der Waals surface area contributed by atoms with Gasteiger partial charge in [0.25, 0.3) is 0 Å². The number of benzene rings is 1. The Morgan fingerprint density at radius 3 is 2.26 bits per heavy atom. The van der Waals surface area contributed by atoms with Crippen molar-refractivity contribution in [2.24, 2.45) is 0 Å². The number of allylic oxidation sites excluding steroid dienone is 2. The van der Waals surface area contributed by atoms with Crippen molar-refractivity contribution in [1.82, 2.24) is 0 Å². The van der Waals surface area contributed by atoms with Crippen molar-refractivity contribution < 1.29 is 4.74 Å². The first-order chi connectivity index (χ1) is 9.13. The molecular weight excluding hydrogens is 279 g/mol. The average Bonchev–Trinajstić information content (AvgIpc) is 2.37. The summed E-state index contributed by atoms with van der Waals surface area (Å²) in [7, 11) is 1.58. The minimum absolute atomic E-state index is 0.466. The van der Waals surface area contributed by atoms with Crippen molar-refractivity contribution in [2.45, 2.75) is 45.4 Å². The molecule has 0 saturated heterocycles. The second kappa shape index (κ2) is 8.50. The SMILES string of the molecule is CC/C=C\CC(CCC)c1cc(Cl)c(OC)c(Cl)c1. The number of hydrogen-bond acceptors (Lipinski definition) is 1. The maximum absolute atomic E-state index is 6.21. The van der Waals surface area contributed by atoms with E-state index in [4.69, 9.17) is 27.9 Å². The fourth-order valence-corrected chi connectivity index (χ4v) is 2.86. The van der Waals surface area contributed by atoms with Crippen LogP contribution in [0.1, 0.15) is 51.0 Å². The van der Waals surface area contributed by atoms with Crippen LogP contribution in [0.3, 0.4) is 0 Å². The lowest BCUT2D eigenvalue weighted by molar-refractivity contribution is 0.415. The van der Waals surface area contributed by atoms with E-state index in [0.717, 1.165) is 25.7 Å². The molecule has 106 valence electrons. The lowest BCUT2D eigenvalue weighted by atomic mass is 9.91. The predicted molar refractivity (Wildman–Crippen MR) is 84.7 cm³/mol. The molecule has 1 atom stereocenters. The van der Waals surface area contributed by atoms with Gasteiger partial charge in [-0.2, -0.15) is 0 Å². The zero-order valence-corrected chi connectivity index (χ0v) is 13.4. The molecule has 0 aromatic heterocycles. The van der Waals surface area contributed by atoms with E-state index < -0.39 is 0 Å². The molecule has 0 amide bonds. The van der Waals surface area contributed by atoms with Gasteiger partial charge in [-0.05, 0) is 42.9 Å². The number of methoxy groups -OCH3 is 1. The first kappa shape index (κ1) is 16.4. The Labute approximate surface area is 126 Å². The minimum Gasteiger partial charge on any atom is -0.494 e. The molecule has 1 aromatic rings. The van der Waals surface area contributed by atoms with Gasteiger partial charge in [-0.1, -0.05) is 55.6 Å². The van der Waals surface area contributed by atoms with Gasteiger partial charge in [-0.15, -0.1) is 0 Å². The summed E-state index contributed by atoms with van der Waals surface area (Å²) in [4.78, 5) is 0. The average molecular weight is 301 g/mol. The molecule has 0 fully saturated rings. The molecule has 0 aliphatic heterocycles. The molecule has 0 aliphatic rings. The normalized spacial score (nSPS) is 12.9. The molecule has 0 radical (unpaired) electrons. The van der Waals surface area contributed by atoms with Crippen molar-refractivity contribution >= 4 is 23.2 Å². The van der Waals surface area contributed by atoms with Crippen LogP contribution in [0, 0.1) is 0 Å². The van der Waals surface area contributed by atoms with Crippen LogP contribution in [-0.4, -0.2) is 7.11 Å². The molecule has 0 N–H and O–H groups in total. The summed E-state index contributed by atoms with van der Waals surface area (Å²) in [5, 5.41) is 1.18. The molecule has 0 bridgehead atoms. The van der Waals surface area contributed by atoms with Crippen molar-refractivity contribution in [1.29, 1.82) is 0 Å². The van der Waals surface area contributed by atoms with E-state index in [1.54, 1.807) is 7.11 Å². The third kappa shape index (κ3) is 4.74. The Balaban J connectivity index is 2.98. The van der Waals surface area contributed by atoms with Crippen LogP contribution in [0.5, 0.6) is 5.75 Å². The lowest BCUT2D eigenvalue weighted by Gasteiger charge is -2.17. The minimum atomic E-state index is 0.466. The van der Waals surface area contributed by atoms with E-state index in [9.17, 15) is 0 Å². The molecule has 1 rings (SSSR count). The van der Waals surface area contributed by atoms with Crippen LogP contribution < -0.4 is 4.74 Å². The highest BCUT2D eigenvalue weighted by atomic mass is 35.5. The Morgan fingerprint density at radius 1 is 1.16 bits per heavy atom. The van der Waals surface area contributed by atoms with Crippen LogP contribution in [0.15, 0.2) is 24.3 Å². The summed E-state index contributed by atoms with van der Waals surface area (Å²) in [6.07, 6.45) is 8.82. The molecule has 0 heterocycles. The highest BCUT2D eigenvalue weighted by Crippen LogP contribution is 2.38. The first-order valence-electron chi connectivity index (χ1n) is 6.81. The van der Waals surface area contributed by atoms with E-state index >= 15 is 0 Å². The maximum Gasteiger partial charge on any atom is 0.156 e. The van der Waals surface area contributed by atoms with Gasteiger partial charge in [0.2, 0.25) is 0 Å². The van der Waals surface area contributed by atoms with Crippen LogP contribution >= 0.6 is 23.2 Å². The molecule has 1 aromatic carbocycles. The fourth-order valence-electron chi connectivity index (χ4n) is 2.21. The monoisotopic (exact) mass is 300 g/mol. The van der Waals surface area contributed by atoms with Crippen molar-refractivity contribution in [3.8, 4) is 5.75 Å². The number of hydrogen-bond donors (Lipinski definition) is 0. The largest absolute Gasteiger partial charge is 0.494 e. The van der Waals surface area contributed by atoms with Gasteiger partial charge >= 0.3 is 0 Å². The zero-order valence-electron chi connectivity index (χ0n) is 11.9. The molecule has 3 heteroatoms. The van der Waals surface area contributed by atoms with Crippen molar-refractivity contribution in [3.63, 3.8) is 0 Å². The Hall–Kier alpha value is -0.660. The summed E-state index contributed by atoms with van der Waals surface area (Å²) < 4.78 is 5.19.